The lowest BCUT2D eigenvalue weighted by Crippen LogP contribution is -2.32. The second kappa shape index (κ2) is 6.49. The number of oxime groups is 1. The van der Waals surface area contributed by atoms with Crippen molar-refractivity contribution in [1.29, 1.82) is 0 Å². The molecule has 1 rings (SSSR count). The van der Waals surface area contributed by atoms with Crippen LogP contribution in [0.3, 0.4) is 0 Å². The van der Waals surface area contributed by atoms with Gasteiger partial charge in [-0.25, -0.2) is 4.98 Å². The number of amidine groups is 1. The van der Waals surface area contributed by atoms with Crippen LogP contribution >= 0.6 is 11.8 Å². The van der Waals surface area contributed by atoms with Crippen LogP contribution in [0, 0.1) is 6.92 Å². The molecule has 0 aromatic carbocycles. The molecular formula is C12H20N4OS. The summed E-state index contributed by atoms with van der Waals surface area (Å²) in [6.07, 6.45) is 2.08. The fraction of sp³-hybridized carbons (Fsp3) is 0.500. The Bertz CT molecular complexity index is 436. The van der Waals surface area contributed by atoms with Crippen LogP contribution in [0.5, 0.6) is 0 Å². The second-order valence-electron chi connectivity index (χ2n) is 4.26. The van der Waals surface area contributed by atoms with E-state index in [0.717, 1.165) is 17.3 Å². The molecule has 0 aliphatic rings. The van der Waals surface area contributed by atoms with Crippen molar-refractivity contribution in [1.82, 2.24) is 4.98 Å². The topological polar surface area (TPSA) is 74.7 Å². The van der Waals surface area contributed by atoms with Crippen molar-refractivity contribution in [3.63, 3.8) is 0 Å². The predicted molar refractivity (Wildman–Crippen MR) is 77.7 cm³/mol. The van der Waals surface area contributed by atoms with Crippen molar-refractivity contribution in [2.24, 2.45) is 10.9 Å². The van der Waals surface area contributed by atoms with Crippen molar-refractivity contribution < 1.29 is 5.21 Å². The molecule has 0 aliphatic heterocycles. The molecule has 3 N–H and O–H groups in total. The Hall–Kier alpha value is -1.43. The van der Waals surface area contributed by atoms with E-state index in [1.165, 1.54) is 0 Å². The SMILES string of the molecule is CSCC(C)N(C)c1cc(/C(N)=N/O)cc(C)n1. The van der Waals surface area contributed by atoms with E-state index in [1.54, 1.807) is 17.8 Å². The monoisotopic (exact) mass is 268 g/mol. The van der Waals surface area contributed by atoms with Gasteiger partial charge in [-0.05, 0) is 32.2 Å². The average Bonchev–Trinajstić information content (AvgIpc) is 2.36. The van der Waals surface area contributed by atoms with Gasteiger partial charge in [-0.15, -0.1) is 0 Å². The van der Waals surface area contributed by atoms with Crippen molar-refractivity contribution in [2.45, 2.75) is 19.9 Å². The first-order chi connectivity index (χ1) is 8.49. The summed E-state index contributed by atoms with van der Waals surface area (Å²) in [4.78, 5) is 6.57. The van der Waals surface area contributed by atoms with E-state index in [2.05, 4.69) is 28.2 Å². The minimum Gasteiger partial charge on any atom is -0.409 e. The third-order valence-corrected chi connectivity index (χ3v) is 3.59. The summed E-state index contributed by atoms with van der Waals surface area (Å²) in [6, 6.07) is 4.00. The number of hydrogen-bond acceptors (Lipinski definition) is 5. The Labute approximate surface area is 112 Å². The highest BCUT2D eigenvalue weighted by molar-refractivity contribution is 7.98. The molecule has 1 unspecified atom stereocenters. The van der Waals surface area contributed by atoms with Gasteiger partial charge in [0.2, 0.25) is 0 Å². The summed E-state index contributed by atoms with van der Waals surface area (Å²) in [6.45, 7) is 4.04. The number of pyridine rings is 1. The number of hydrogen-bond donors (Lipinski definition) is 2. The maximum Gasteiger partial charge on any atom is 0.170 e. The molecule has 0 saturated heterocycles. The van der Waals surface area contributed by atoms with E-state index in [-0.39, 0.29) is 5.84 Å². The van der Waals surface area contributed by atoms with E-state index in [9.17, 15) is 0 Å². The highest BCUT2D eigenvalue weighted by Gasteiger charge is 2.13. The molecule has 0 spiro atoms. The predicted octanol–water partition coefficient (Wildman–Crippen LogP) is 1.67. The van der Waals surface area contributed by atoms with Gasteiger partial charge in [0.15, 0.2) is 5.84 Å². The number of aromatic nitrogens is 1. The molecule has 0 radical (unpaired) electrons. The average molecular weight is 268 g/mol. The minimum atomic E-state index is 0.104. The van der Waals surface area contributed by atoms with Crippen LogP contribution in [-0.2, 0) is 0 Å². The number of nitrogens with two attached hydrogens (primary N) is 1. The van der Waals surface area contributed by atoms with Crippen molar-refractivity contribution in [3.05, 3.63) is 23.4 Å². The number of rotatable bonds is 5. The van der Waals surface area contributed by atoms with Gasteiger partial charge in [0, 0.05) is 30.1 Å². The highest BCUT2D eigenvalue weighted by atomic mass is 32.2. The van der Waals surface area contributed by atoms with E-state index in [0.29, 0.717) is 11.6 Å². The normalized spacial score (nSPS) is 13.4. The maximum atomic E-state index is 8.73. The Morgan fingerprint density at radius 3 is 2.83 bits per heavy atom. The fourth-order valence-corrected chi connectivity index (χ4v) is 2.32. The van der Waals surface area contributed by atoms with E-state index < -0.39 is 0 Å². The number of aryl methyl sites for hydroxylation is 1. The molecule has 6 heteroatoms. The van der Waals surface area contributed by atoms with E-state index in [1.807, 2.05) is 20.0 Å². The molecule has 1 heterocycles. The summed E-state index contributed by atoms with van der Waals surface area (Å²) in [7, 11) is 2.00. The van der Waals surface area contributed by atoms with Gasteiger partial charge in [0.1, 0.15) is 5.82 Å². The van der Waals surface area contributed by atoms with Gasteiger partial charge < -0.3 is 15.8 Å². The lowest BCUT2D eigenvalue weighted by atomic mass is 10.2. The molecule has 5 nitrogen and oxygen atoms in total. The Balaban J connectivity index is 3.06. The van der Waals surface area contributed by atoms with Crippen molar-refractivity contribution in [3.8, 4) is 0 Å². The summed E-state index contributed by atoms with van der Waals surface area (Å²) in [5, 5.41) is 11.8. The van der Waals surface area contributed by atoms with Crippen LogP contribution in [0.4, 0.5) is 5.82 Å². The zero-order valence-corrected chi connectivity index (χ0v) is 12.0. The van der Waals surface area contributed by atoms with Gasteiger partial charge in [-0.1, -0.05) is 5.16 Å². The number of nitrogens with zero attached hydrogens (tertiary/aromatic N) is 3. The van der Waals surface area contributed by atoms with Gasteiger partial charge in [0.25, 0.3) is 0 Å². The molecule has 0 bridgehead atoms. The third-order valence-electron chi connectivity index (χ3n) is 2.77. The van der Waals surface area contributed by atoms with Crippen LogP contribution < -0.4 is 10.6 Å². The third kappa shape index (κ3) is 3.53. The lowest BCUT2D eigenvalue weighted by molar-refractivity contribution is 0.318. The van der Waals surface area contributed by atoms with Gasteiger partial charge in [0.05, 0.1) is 0 Å². The largest absolute Gasteiger partial charge is 0.409 e. The van der Waals surface area contributed by atoms with Gasteiger partial charge in [-0.2, -0.15) is 11.8 Å². The molecule has 0 fully saturated rings. The summed E-state index contributed by atoms with van der Waals surface area (Å²) < 4.78 is 0. The molecule has 0 saturated carbocycles. The molecule has 0 aliphatic carbocycles. The Morgan fingerprint density at radius 1 is 1.61 bits per heavy atom. The van der Waals surface area contributed by atoms with Crippen LogP contribution in [0.25, 0.3) is 0 Å². The zero-order chi connectivity index (χ0) is 13.7. The fourth-order valence-electron chi connectivity index (χ4n) is 1.62. The first kappa shape index (κ1) is 14.6. The molecule has 1 atom stereocenters. The molecule has 0 amide bonds. The smallest absolute Gasteiger partial charge is 0.170 e. The molecule has 100 valence electrons. The first-order valence-corrected chi connectivity index (χ1v) is 7.07. The van der Waals surface area contributed by atoms with Gasteiger partial charge in [-0.3, -0.25) is 0 Å². The van der Waals surface area contributed by atoms with Crippen molar-refractivity contribution in [2.75, 3.05) is 24.0 Å². The summed E-state index contributed by atoms with van der Waals surface area (Å²) in [5.74, 6) is 1.95. The Kier molecular flexibility index (Phi) is 5.27. The maximum absolute atomic E-state index is 8.73. The zero-order valence-electron chi connectivity index (χ0n) is 11.2. The van der Waals surface area contributed by atoms with Crippen LogP contribution in [0.2, 0.25) is 0 Å². The molecule has 1 aromatic rings. The van der Waals surface area contributed by atoms with Crippen molar-refractivity contribution >= 4 is 23.4 Å². The van der Waals surface area contributed by atoms with Crippen LogP contribution in [0.1, 0.15) is 18.2 Å². The highest BCUT2D eigenvalue weighted by Crippen LogP contribution is 2.17. The first-order valence-electron chi connectivity index (χ1n) is 5.68. The Morgan fingerprint density at radius 2 is 2.28 bits per heavy atom. The lowest BCUT2D eigenvalue weighted by Gasteiger charge is -2.26. The molecule has 1 aromatic heterocycles. The second-order valence-corrected chi connectivity index (χ2v) is 5.17. The quantitative estimate of drug-likeness (QED) is 0.368. The van der Waals surface area contributed by atoms with Crippen LogP contribution in [-0.4, -0.2) is 41.1 Å². The van der Waals surface area contributed by atoms with Gasteiger partial charge >= 0.3 is 0 Å². The van der Waals surface area contributed by atoms with Crippen LogP contribution in [0.15, 0.2) is 17.3 Å². The summed E-state index contributed by atoms with van der Waals surface area (Å²) in [5.41, 5.74) is 7.14. The number of thioether (sulfide) groups is 1. The number of anilines is 1. The van der Waals surface area contributed by atoms with E-state index in [4.69, 9.17) is 10.9 Å². The molecular weight excluding hydrogens is 248 g/mol. The summed E-state index contributed by atoms with van der Waals surface area (Å²) >= 11 is 1.79. The van der Waals surface area contributed by atoms with E-state index >= 15 is 0 Å². The minimum absolute atomic E-state index is 0.104. The molecule has 18 heavy (non-hydrogen) atoms. The standard InChI is InChI=1S/C12H20N4OS/c1-8-5-10(12(13)15-17)6-11(14-8)16(3)9(2)7-18-4/h5-6,9,17H,7H2,1-4H3,(H2,13,15).